The zero-order valence-corrected chi connectivity index (χ0v) is 14.0. The first-order valence-electron chi connectivity index (χ1n) is 7.32. The quantitative estimate of drug-likeness (QED) is 0.662. The van der Waals surface area contributed by atoms with Crippen molar-refractivity contribution in [2.24, 2.45) is 0 Å². The Bertz CT molecular complexity index is 852. The predicted octanol–water partition coefficient (Wildman–Crippen LogP) is 4.95. The third-order valence-electron chi connectivity index (χ3n) is 3.66. The first-order chi connectivity index (χ1) is 11.2. The van der Waals surface area contributed by atoms with E-state index in [2.05, 4.69) is 10.2 Å². The molecule has 1 heterocycles. The predicted molar refractivity (Wildman–Crippen MR) is 101 cm³/mol. The largest absolute Gasteiger partial charge is 0.457 e. The second kappa shape index (κ2) is 5.73. The maximum atomic E-state index is 5.86. The summed E-state index contributed by atoms with van der Waals surface area (Å²) in [5.41, 5.74) is 2.14. The van der Waals surface area contributed by atoms with Gasteiger partial charge in [0.15, 0.2) is 0 Å². The molecule has 3 aromatic carbocycles. The van der Waals surface area contributed by atoms with E-state index < -0.39 is 6.34 Å². The Kier molecular flexibility index (Phi) is 3.56. The molecule has 0 aliphatic carbocycles. The van der Waals surface area contributed by atoms with Crippen LogP contribution in [0.1, 0.15) is 0 Å². The molecule has 0 saturated carbocycles. The van der Waals surface area contributed by atoms with Crippen LogP contribution in [0.25, 0.3) is 0 Å². The van der Waals surface area contributed by atoms with Gasteiger partial charge in [-0.05, 0) is 60.3 Å². The van der Waals surface area contributed by atoms with Crippen molar-refractivity contribution in [2.45, 2.75) is 0 Å². The molecule has 3 nitrogen and oxygen atoms in total. The van der Waals surface area contributed by atoms with Gasteiger partial charge in [-0.15, -0.1) is 0 Å². The fourth-order valence-corrected chi connectivity index (χ4v) is 5.43. The van der Waals surface area contributed by atoms with E-state index in [4.69, 9.17) is 16.5 Å². The van der Waals surface area contributed by atoms with Crippen molar-refractivity contribution in [2.75, 3.05) is 10.2 Å². The third kappa shape index (κ3) is 2.83. The number of hydrogen-bond acceptors (Lipinski definition) is 2. The summed E-state index contributed by atoms with van der Waals surface area (Å²) in [4.78, 5) is 0. The van der Waals surface area contributed by atoms with Crippen LogP contribution >= 0.6 is 6.34 Å². The van der Waals surface area contributed by atoms with Crippen LogP contribution in [0.5, 0.6) is 11.5 Å². The topological polar surface area (TPSA) is 33.3 Å². The number of para-hydroxylation sites is 3. The van der Waals surface area contributed by atoms with E-state index in [1.165, 1.54) is 0 Å². The Labute approximate surface area is 140 Å². The number of rotatable bonds is 3. The normalized spacial score (nSPS) is 14.4. The summed E-state index contributed by atoms with van der Waals surface area (Å²) >= 11 is 5.86. The monoisotopic (exact) mass is 338 g/mol. The van der Waals surface area contributed by atoms with Gasteiger partial charge in [0.05, 0.1) is 11.4 Å². The van der Waals surface area contributed by atoms with Crippen molar-refractivity contribution in [1.29, 1.82) is 0 Å². The van der Waals surface area contributed by atoms with Crippen molar-refractivity contribution in [3.8, 4) is 11.5 Å². The molecule has 5 heteroatoms. The summed E-state index contributed by atoms with van der Waals surface area (Å²) in [5.74, 6) is 1.63. The number of hydrogen-bond donors (Lipinski definition) is 2. The zero-order valence-electron chi connectivity index (χ0n) is 12.3. The van der Waals surface area contributed by atoms with E-state index in [0.717, 1.165) is 28.2 Å². The summed E-state index contributed by atoms with van der Waals surface area (Å²) < 4.78 is 5.83. The lowest BCUT2D eigenvalue weighted by molar-refractivity contribution is 0.483. The zero-order chi connectivity index (χ0) is 15.7. The van der Waals surface area contributed by atoms with Crippen LogP contribution < -0.4 is 20.2 Å². The highest BCUT2D eigenvalue weighted by molar-refractivity contribution is 8.19. The number of fused-ring (bicyclic) bond motifs is 1. The molecule has 0 fully saturated rings. The van der Waals surface area contributed by atoms with Crippen molar-refractivity contribution >= 4 is 34.8 Å². The molecule has 0 unspecified atom stereocenters. The van der Waals surface area contributed by atoms with Gasteiger partial charge in [-0.2, -0.15) is 0 Å². The highest BCUT2D eigenvalue weighted by Crippen LogP contribution is 2.53. The van der Waals surface area contributed by atoms with Crippen LogP contribution in [0.4, 0.5) is 11.4 Å². The molecule has 0 radical (unpaired) electrons. The Hall–Kier alpha value is -2.29. The van der Waals surface area contributed by atoms with E-state index >= 15 is 0 Å². The van der Waals surface area contributed by atoms with Gasteiger partial charge in [-0.25, -0.2) is 0 Å². The average molecular weight is 338 g/mol. The van der Waals surface area contributed by atoms with Gasteiger partial charge in [0, 0.05) is 5.30 Å². The molecular weight excluding hydrogens is 323 g/mol. The molecule has 0 spiro atoms. The van der Waals surface area contributed by atoms with Crippen molar-refractivity contribution in [3.05, 3.63) is 78.9 Å². The second-order valence-corrected chi connectivity index (χ2v) is 9.11. The summed E-state index contributed by atoms with van der Waals surface area (Å²) in [6.45, 7) is 0. The molecule has 1 aliphatic heterocycles. The number of ether oxygens (including phenoxy) is 1. The lowest BCUT2D eigenvalue weighted by atomic mass is 10.3. The molecule has 0 bridgehead atoms. The number of benzene rings is 3. The van der Waals surface area contributed by atoms with Crippen LogP contribution in [0.2, 0.25) is 0 Å². The minimum atomic E-state index is -2.03. The maximum Gasteiger partial charge on any atom is 0.148 e. The Morgan fingerprint density at radius 1 is 0.652 bits per heavy atom. The van der Waals surface area contributed by atoms with Crippen LogP contribution in [0.15, 0.2) is 78.9 Å². The van der Waals surface area contributed by atoms with Crippen LogP contribution in [0.3, 0.4) is 0 Å². The summed E-state index contributed by atoms with van der Waals surface area (Å²) in [5, 5.41) is 8.03. The van der Waals surface area contributed by atoms with Gasteiger partial charge in [0.1, 0.15) is 17.8 Å². The molecule has 3 aromatic rings. The van der Waals surface area contributed by atoms with Crippen molar-refractivity contribution in [3.63, 3.8) is 0 Å². The summed E-state index contributed by atoms with van der Waals surface area (Å²) in [7, 11) is 0. The Morgan fingerprint density at radius 2 is 1.17 bits per heavy atom. The minimum absolute atomic E-state index is 0.804. The molecule has 0 aromatic heterocycles. The van der Waals surface area contributed by atoms with Crippen molar-refractivity contribution < 1.29 is 4.74 Å². The highest BCUT2D eigenvalue weighted by Gasteiger charge is 2.27. The van der Waals surface area contributed by atoms with E-state index in [0.29, 0.717) is 0 Å². The lowest BCUT2D eigenvalue weighted by Crippen LogP contribution is -2.12. The van der Waals surface area contributed by atoms with Crippen molar-refractivity contribution in [1.82, 2.24) is 0 Å². The molecule has 23 heavy (non-hydrogen) atoms. The van der Waals surface area contributed by atoms with E-state index in [9.17, 15) is 0 Å². The lowest BCUT2D eigenvalue weighted by Gasteiger charge is -2.18. The number of anilines is 2. The fraction of sp³-hybridized carbons (Fsp3) is 0. The van der Waals surface area contributed by atoms with Gasteiger partial charge < -0.3 is 14.9 Å². The van der Waals surface area contributed by atoms with Crippen LogP contribution in [-0.2, 0) is 11.8 Å². The second-order valence-electron chi connectivity index (χ2n) is 5.29. The Morgan fingerprint density at radius 3 is 1.78 bits per heavy atom. The molecule has 2 N–H and O–H groups in total. The van der Waals surface area contributed by atoms with Crippen LogP contribution in [0, 0.1) is 0 Å². The Balaban J connectivity index is 1.56. The minimum Gasteiger partial charge on any atom is -0.457 e. The fourth-order valence-electron chi connectivity index (χ4n) is 2.52. The van der Waals surface area contributed by atoms with Gasteiger partial charge in [0.2, 0.25) is 0 Å². The van der Waals surface area contributed by atoms with Crippen LogP contribution in [-0.4, -0.2) is 0 Å². The first kappa shape index (κ1) is 14.3. The molecule has 4 rings (SSSR count). The highest BCUT2D eigenvalue weighted by atomic mass is 32.4. The molecular formula is C18H15N2OPS. The van der Waals surface area contributed by atoms with E-state index in [-0.39, 0.29) is 0 Å². The van der Waals surface area contributed by atoms with E-state index in [1.807, 2.05) is 78.9 Å². The van der Waals surface area contributed by atoms with Gasteiger partial charge in [-0.1, -0.05) is 30.3 Å². The average Bonchev–Trinajstić information content (AvgIpc) is 2.94. The molecule has 114 valence electrons. The van der Waals surface area contributed by atoms with Gasteiger partial charge >= 0.3 is 0 Å². The first-order valence-corrected chi connectivity index (χ1v) is 10.1. The van der Waals surface area contributed by atoms with Gasteiger partial charge in [0.25, 0.3) is 0 Å². The molecule has 0 atom stereocenters. The SMILES string of the molecule is S=P1(c2ccc(Oc3ccccc3)cc2)Nc2ccccc2N1. The maximum absolute atomic E-state index is 5.86. The summed E-state index contributed by atoms with van der Waals surface area (Å²) in [6.07, 6.45) is -2.03. The molecule has 0 amide bonds. The third-order valence-corrected chi connectivity index (χ3v) is 6.98. The number of nitrogens with one attached hydrogen (secondary N) is 2. The van der Waals surface area contributed by atoms with Gasteiger partial charge in [-0.3, -0.25) is 0 Å². The standard InChI is InChI=1S/C18H15N2OPS/c23-22(19-17-8-4-5-9-18(17)20-22)16-12-10-15(11-13-16)21-14-6-2-1-3-7-14/h1-13H,(H2,19,20,23). The van der Waals surface area contributed by atoms with E-state index in [1.54, 1.807) is 0 Å². The molecule has 0 saturated heterocycles. The smallest absolute Gasteiger partial charge is 0.148 e. The molecule has 1 aliphatic rings. The summed E-state index contributed by atoms with van der Waals surface area (Å²) in [6, 6.07) is 25.8.